The van der Waals surface area contributed by atoms with Crippen LogP contribution >= 0.6 is 0 Å². The van der Waals surface area contributed by atoms with Crippen molar-refractivity contribution in [1.82, 2.24) is 29.8 Å². The van der Waals surface area contributed by atoms with E-state index in [2.05, 4.69) is 30.6 Å². The zero-order valence-electron chi connectivity index (χ0n) is 13.2. The number of aromatic nitrogens is 6. The van der Waals surface area contributed by atoms with Gasteiger partial charge in [-0.2, -0.15) is 27.8 Å². The van der Waals surface area contributed by atoms with E-state index in [-0.39, 0.29) is 23.0 Å². The maximum absolute atomic E-state index is 13.4. The van der Waals surface area contributed by atoms with Crippen LogP contribution in [0.1, 0.15) is 12.8 Å². The molecule has 3 aromatic heterocycles. The molecule has 3 aromatic rings. The number of rotatable bonds is 5. The smallest absolute Gasteiger partial charge is 0.422 e. The Morgan fingerprint density at radius 3 is 2.81 bits per heavy atom. The monoisotopic (exact) mass is 371 g/mol. The molecule has 0 saturated heterocycles. The lowest BCUT2D eigenvalue weighted by atomic mass is 9.91. The summed E-state index contributed by atoms with van der Waals surface area (Å²) in [7, 11) is 0. The summed E-state index contributed by atoms with van der Waals surface area (Å²) in [5, 5.41) is 13.2. The van der Waals surface area contributed by atoms with Gasteiger partial charge in [0.1, 0.15) is 18.2 Å². The Kier molecular flexibility index (Phi) is 3.89. The van der Waals surface area contributed by atoms with Crippen LogP contribution in [0.25, 0.3) is 16.9 Å². The third-order valence-electron chi connectivity index (χ3n) is 4.00. The zero-order chi connectivity index (χ0) is 18.3. The van der Waals surface area contributed by atoms with Crippen molar-refractivity contribution in [3.8, 4) is 17.0 Å². The van der Waals surface area contributed by atoms with E-state index in [0.29, 0.717) is 18.4 Å². The fourth-order valence-corrected chi connectivity index (χ4v) is 2.56. The van der Waals surface area contributed by atoms with Gasteiger partial charge in [0, 0.05) is 11.8 Å². The second-order valence-electron chi connectivity index (χ2n) is 5.86. The fraction of sp³-hybridized carbons (Fsp3) is 0.429. The first kappa shape index (κ1) is 16.5. The van der Waals surface area contributed by atoms with Crippen LogP contribution in [-0.4, -0.2) is 54.8 Å². The van der Waals surface area contributed by atoms with Crippen LogP contribution in [0.4, 0.5) is 23.5 Å². The molecule has 0 amide bonds. The van der Waals surface area contributed by atoms with Crippen molar-refractivity contribution in [1.29, 1.82) is 0 Å². The molecule has 12 heteroatoms. The number of alkyl halides is 4. The van der Waals surface area contributed by atoms with Crippen molar-refractivity contribution in [2.24, 2.45) is 0 Å². The van der Waals surface area contributed by atoms with Gasteiger partial charge in [-0.1, -0.05) is 0 Å². The first-order chi connectivity index (χ1) is 12.4. The molecule has 3 heterocycles. The van der Waals surface area contributed by atoms with Crippen molar-refractivity contribution in [2.75, 3.05) is 11.9 Å². The number of halogens is 4. The maximum Gasteiger partial charge on any atom is 0.422 e. The van der Waals surface area contributed by atoms with Gasteiger partial charge < -0.3 is 10.1 Å². The molecule has 0 spiro atoms. The van der Waals surface area contributed by atoms with Crippen molar-refractivity contribution >= 4 is 11.6 Å². The molecule has 2 atom stereocenters. The van der Waals surface area contributed by atoms with Crippen molar-refractivity contribution in [2.45, 2.75) is 31.2 Å². The van der Waals surface area contributed by atoms with E-state index in [9.17, 15) is 17.6 Å². The number of aromatic amines is 1. The molecule has 0 bridgehead atoms. The summed E-state index contributed by atoms with van der Waals surface area (Å²) in [6.45, 7) is -1.51. The van der Waals surface area contributed by atoms with Gasteiger partial charge in [0.25, 0.3) is 0 Å². The van der Waals surface area contributed by atoms with E-state index < -0.39 is 25.0 Å². The Balaban J connectivity index is 1.73. The van der Waals surface area contributed by atoms with Crippen LogP contribution in [0.15, 0.2) is 18.7 Å². The maximum atomic E-state index is 13.4. The summed E-state index contributed by atoms with van der Waals surface area (Å²) in [5.41, 5.74) is 0.615. The standard InChI is InChI=1S/C14H13F4N7O/c15-8-1-2-9(8)22-13-23-12-11(26-5-14(16,17)18)10(7-3-20-21-4-7)19-6-25(12)24-13/h3-4,6,8-9H,1-2,5H2,(H,20,21)(H,22,24)/t8-,9-/m1/s1. The molecule has 0 aliphatic heterocycles. The normalized spacial score (nSPS) is 20.2. The summed E-state index contributed by atoms with van der Waals surface area (Å²) in [5.74, 6) is -0.0856. The van der Waals surface area contributed by atoms with Gasteiger partial charge in [0.05, 0.1) is 12.2 Å². The average molecular weight is 371 g/mol. The lowest BCUT2D eigenvalue weighted by Crippen LogP contribution is -2.40. The molecule has 1 fully saturated rings. The molecule has 4 rings (SSSR count). The van der Waals surface area contributed by atoms with Crippen LogP contribution in [0.3, 0.4) is 0 Å². The lowest BCUT2D eigenvalue weighted by molar-refractivity contribution is -0.153. The molecule has 0 unspecified atom stereocenters. The average Bonchev–Trinajstić information content (AvgIpc) is 3.24. The molecule has 1 saturated carbocycles. The quantitative estimate of drug-likeness (QED) is 0.669. The SMILES string of the molecule is F[C@@H]1CC[C@H]1Nc1nc2c(OCC(F)(F)F)c(-c3cn[nH]c3)ncn2n1. The van der Waals surface area contributed by atoms with Gasteiger partial charge in [-0.3, -0.25) is 5.10 Å². The third kappa shape index (κ3) is 3.13. The van der Waals surface area contributed by atoms with Crippen LogP contribution in [-0.2, 0) is 0 Å². The number of anilines is 1. The van der Waals surface area contributed by atoms with Gasteiger partial charge in [0.2, 0.25) is 11.6 Å². The summed E-state index contributed by atoms with van der Waals surface area (Å²) in [4.78, 5) is 8.25. The number of hydrogen-bond acceptors (Lipinski definition) is 6. The molecular formula is C14H13F4N7O. The highest BCUT2D eigenvalue weighted by atomic mass is 19.4. The lowest BCUT2D eigenvalue weighted by Gasteiger charge is -2.30. The number of ether oxygens (including phenoxy) is 1. The molecule has 0 radical (unpaired) electrons. The Morgan fingerprint density at radius 1 is 1.35 bits per heavy atom. The Morgan fingerprint density at radius 2 is 2.19 bits per heavy atom. The van der Waals surface area contributed by atoms with Crippen LogP contribution in [0, 0.1) is 0 Å². The van der Waals surface area contributed by atoms with Crippen molar-refractivity contribution < 1.29 is 22.3 Å². The molecule has 2 N–H and O–H groups in total. The molecular weight excluding hydrogens is 358 g/mol. The van der Waals surface area contributed by atoms with E-state index in [4.69, 9.17) is 4.74 Å². The highest BCUT2D eigenvalue weighted by molar-refractivity contribution is 5.73. The Bertz CT molecular complexity index is 908. The number of nitrogens with one attached hydrogen (secondary N) is 2. The van der Waals surface area contributed by atoms with E-state index in [1.54, 1.807) is 0 Å². The number of hydrogen-bond donors (Lipinski definition) is 2. The van der Waals surface area contributed by atoms with E-state index in [1.165, 1.54) is 23.2 Å². The van der Waals surface area contributed by atoms with E-state index in [1.807, 2.05) is 0 Å². The predicted molar refractivity (Wildman–Crippen MR) is 81.5 cm³/mol. The number of nitrogens with zero attached hydrogens (tertiary/aromatic N) is 5. The van der Waals surface area contributed by atoms with Gasteiger partial charge in [-0.15, -0.1) is 5.10 Å². The Labute approximate surface area is 143 Å². The number of fused-ring (bicyclic) bond motifs is 1. The summed E-state index contributed by atoms with van der Waals surface area (Å²) < 4.78 is 57.4. The van der Waals surface area contributed by atoms with E-state index in [0.717, 1.165) is 0 Å². The summed E-state index contributed by atoms with van der Waals surface area (Å²) >= 11 is 0. The zero-order valence-corrected chi connectivity index (χ0v) is 13.2. The molecule has 26 heavy (non-hydrogen) atoms. The van der Waals surface area contributed by atoms with Crippen LogP contribution in [0.2, 0.25) is 0 Å². The van der Waals surface area contributed by atoms with Gasteiger partial charge in [-0.05, 0) is 12.8 Å². The largest absolute Gasteiger partial charge is 0.478 e. The second-order valence-corrected chi connectivity index (χ2v) is 5.86. The van der Waals surface area contributed by atoms with Gasteiger partial charge >= 0.3 is 6.18 Å². The third-order valence-corrected chi connectivity index (χ3v) is 4.00. The predicted octanol–water partition coefficient (Wildman–Crippen LogP) is 2.37. The second kappa shape index (κ2) is 6.11. The molecule has 1 aliphatic carbocycles. The van der Waals surface area contributed by atoms with Gasteiger partial charge in [-0.25, -0.2) is 9.37 Å². The highest BCUT2D eigenvalue weighted by Gasteiger charge is 2.32. The molecule has 1 aliphatic rings. The molecule has 138 valence electrons. The fourth-order valence-electron chi connectivity index (χ4n) is 2.56. The minimum atomic E-state index is -4.53. The summed E-state index contributed by atoms with van der Waals surface area (Å²) in [6.07, 6.45) is -0.279. The van der Waals surface area contributed by atoms with Crippen LogP contribution < -0.4 is 10.1 Å². The first-order valence-electron chi connectivity index (χ1n) is 7.75. The van der Waals surface area contributed by atoms with Crippen LogP contribution in [0.5, 0.6) is 5.75 Å². The topological polar surface area (TPSA) is 93.0 Å². The highest BCUT2D eigenvalue weighted by Crippen LogP contribution is 2.33. The molecule has 8 nitrogen and oxygen atoms in total. The van der Waals surface area contributed by atoms with Crippen molar-refractivity contribution in [3.05, 3.63) is 18.7 Å². The minimum Gasteiger partial charge on any atom is -0.478 e. The van der Waals surface area contributed by atoms with Gasteiger partial charge in [0.15, 0.2) is 12.4 Å². The van der Waals surface area contributed by atoms with Crippen molar-refractivity contribution in [3.63, 3.8) is 0 Å². The number of H-pyrrole nitrogens is 1. The first-order valence-corrected chi connectivity index (χ1v) is 7.75. The van der Waals surface area contributed by atoms with E-state index >= 15 is 0 Å². The molecule has 0 aromatic carbocycles. The Hall–Kier alpha value is -2.92. The summed E-state index contributed by atoms with van der Waals surface area (Å²) in [6, 6.07) is -0.409. The minimum absolute atomic E-state index is 0.0395.